The summed E-state index contributed by atoms with van der Waals surface area (Å²) in [6.45, 7) is 4.60. The van der Waals surface area contributed by atoms with Gasteiger partial charge < -0.3 is 5.32 Å². The van der Waals surface area contributed by atoms with Crippen molar-refractivity contribution in [1.82, 2.24) is 9.62 Å². The summed E-state index contributed by atoms with van der Waals surface area (Å²) >= 11 is 1.33. The third-order valence-corrected chi connectivity index (χ3v) is 6.36. The Balaban J connectivity index is 2.96. The Morgan fingerprint density at radius 1 is 1.47 bits per heavy atom. The van der Waals surface area contributed by atoms with Crippen LogP contribution in [0.15, 0.2) is 16.3 Å². The van der Waals surface area contributed by atoms with Crippen LogP contribution in [0.5, 0.6) is 0 Å². The van der Waals surface area contributed by atoms with Gasteiger partial charge in [0.15, 0.2) is 0 Å². The number of nitrogens with one attached hydrogen (secondary N) is 1. The predicted molar refractivity (Wildman–Crippen MR) is 71.8 cm³/mol. The molecule has 17 heavy (non-hydrogen) atoms. The van der Waals surface area contributed by atoms with Crippen LogP contribution < -0.4 is 5.32 Å². The highest BCUT2D eigenvalue weighted by molar-refractivity contribution is 7.91. The van der Waals surface area contributed by atoms with E-state index in [1.54, 1.807) is 13.1 Å². The van der Waals surface area contributed by atoms with E-state index in [1.165, 1.54) is 15.6 Å². The van der Waals surface area contributed by atoms with Gasteiger partial charge in [-0.3, -0.25) is 0 Å². The largest absolute Gasteiger partial charge is 0.315 e. The van der Waals surface area contributed by atoms with Crippen molar-refractivity contribution in [2.24, 2.45) is 0 Å². The molecule has 6 heteroatoms. The Morgan fingerprint density at radius 3 is 2.65 bits per heavy atom. The second-order valence-corrected chi connectivity index (χ2v) is 7.42. The summed E-state index contributed by atoms with van der Waals surface area (Å²) < 4.78 is 26.4. The maximum Gasteiger partial charge on any atom is 0.252 e. The molecule has 1 rings (SSSR count). The van der Waals surface area contributed by atoms with Crippen LogP contribution in [0.4, 0.5) is 0 Å². The van der Waals surface area contributed by atoms with Gasteiger partial charge in [0.25, 0.3) is 10.0 Å². The van der Waals surface area contributed by atoms with Crippen LogP contribution >= 0.6 is 11.3 Å². The predicted octanol–water partition coefficient (Wildman–Crippen LogP) is 1.89. The molecule has 0 aromatic carbocycles. The standard InChI is InChI=1S/C11H20N2O2S2/c1-5-9(2)13(4)17(14,15)11-7-6-10(16-11)8-12-3/h6-7,9,12H,5,8H2,1-4H3. The van der Waals surface area contributed by atoms with Gasteiger partial charge in [0.2, 0.25) is 0 Å². The normalized spacial score (nSPS) is 14.2. The number of sulfonamides is 1. The van der Waals surface area contributed by atoms with Gasteiger partial charge in [-0.1, -0.05) is 6.92 Å². The summed E-state index contributed by atoms with van der Waals surface area (Å²) in [5.74, 6) is 0. The van der Waals surface area contributed by atoms with Crippen molar-refractivity contribution in [2.75, 3.05) is 14.1 Å². The van der Waals surface area contributed by atoms with Crippen LogP contribution in [0.3, 0.4) is 0 Å². The zero-order valence-electron chi connectivity index (χ0n) is 10.7. The number of thiophene rings is 1. The van der Waals surface area contributed by atoms with E-state index in [0.717, 1.165) is 11.3 Å². The first-order valence-corrected chi connectivity index (χ1v) is 7.90. The zero-order chi connectivity index (χ0) is 13.1. The van der Waals surface area contributed by atoms with Gasteiger partial charge in [-0.15, -0.1) is 11.3 Å². The Bertz CT molecular complexity index is 454. The van der Waals surface area contributed by atoms with E-state index in [0.29, 0.717) is 10.8 Å². The fraction of sp³-hybridized carbons (Fsp3) is 0.636. The summed E-state index contributed by atoms with van der Waals surface area (Å²) in [4.78, 5) is 1.03. The molecule has 0 amide bonds. The molecule has 0 bridgehead atoms. The molecule has 0 fully saturated rings. The fourth-order valence-corrected chi connectivity index (χ4v) is 4.39. The van der Waals surface area contributed by atoms with E-state index in [1.807, 2.05) is 27.0 Å². The Kier molecular flexibility index (Phi) is 5.12. The fourth-order valence-electron chi connectivity index (χ4n) is 1.40. The van der Waals surface area contributed by atoms with Gasteiger partial charge >= 0.3 is 0 Å². The lowest BCUT2D eigenvalue weighted by atomic mass is 10.3. The quantitative estimate of drug-likeness (QED) is 0.863. The van der Waals surface area contributed by atoms with Crippen LogP contribution in [0.2, 0.25) is 0 Å². The molecule has 0 aliphatic rings. The van der Waals surface area contributed by atoms with Crippen LogP contribution in [0, 0.1) is 0 Å². The van der Waals surface area contributed by atoms with Crippen LogP contribution in [0.25, 0.3) is 0 Å². The Labute approximate surface area is 108 Å². The molecule has 1 N–H and O–H groups in total. The lowest BCUT2D eigenvalue weighted by Crippen LogP contribution is -2.34. The summed E-state index contributed by atoms with van der Waals surface area (Å²) in [6.07, 6.45) is 0.810. The van der Waals surface area contributed by atoms with Crippen molar-refractivity contribution in [3.05, 3.63) is 17.0 Å². The van der Waals surface area contributed by atoms with Crippen molar-refractivity contribution in [3.63, 3.8) is 0 Å². The lowest BCUT2D eigenvalue weighted by Gasteiger charge is -2.22. The Hall–Kier alpha value is -0.430. The third-order valence-electron chi connectivity index (χ3n) is 2.83. The SMILES string of the molecule is CCC(C)N(C)S(=O)(=O)c1ccc(CNC)s1. The van der Waals surface area contributed by atoms with Gasteiger partial charge in [0.1, 0.15) is 4.21 Å². The van der Waals surface area contributed by atoms with Gasteiger partial charge in [-0.2, -0.15) is 4.31 Å². The first-order chi connectivity index (χ1) is 7.93. The van der Waals surface area contributed by atoms with Crippen LogP contribution in [0.1, 0.15) is 25.1 Å². The molecule has 0 radical (unpaired) electrons. The topological polar surface area (TPSA) is 49.4 Å². The second-order valence-electron chi connectivity index (χ2n) is 4.03. The molecule has 1 atom stereocenters. The van der Waals surface area contributed by atoms with Gasteiger partial charge in [0, 0.05) is 24.5 Å². The maximum atomic E-state index is 12.3. The number of hydrogen-bond donors (Lipinski definition) is 1. The smallest absolute Gasteiger partial charge is 0.252 e. The van der Waals surface area contributed by atoms with E-state index in [2.05, 4.69) is 5.32 Å². The number of rotatable bonds is 6. The minimum absolute atomic E-state index is 0.0230. The highest BCUT2D eigenvalue weighted by Crippen LogP contribution is 2.25. The summed E-state index contributed by atoms with van der Waals surface area (Å²) in [5.41, 5.74) is 0. The summed E-state index contributed by atoms with van der Waals surface area (Å²) in [6, 6.07) is 3.57. The molecular formula is C11H20N2O2S2. The highest BCUT2D eigenvalue weighted by atomic mass is 32.2. The third kappa shape index (κ3) is 3.28. The van der Waals surface area contributed by atoms with E-state index < -0.39 is 10.0 Å². The Morgan fingerprint density at radius 2 is 2.12 bits per heavy atom. The minimum atomic E-state index is -3.32. The highest BCUT2D eigenvalue weighted by Gasteiger charge is 2.25. The molecule has 0 spiro atoms. The molecule has 0 saturated heterocycles. The first kappa shape index (κ1) is 14.6. The van der Waals surface area contributed by atoms with E-state index in [9.17, 15) is 8.42 Å². The van der Waals surface area contributed by atoms with Crippen molar-refractivity contribution in [2.45, 2.75) is 37.1 Å². The molecule has 98 valence electrons. The monoisotopic (exact) mass is 276 g/mol. The average Bonchev–Trinajstić information content (AvgIpc) is 2.76. The lowest BCUT2D eigenvalue weighted by molar-refractivity contribution is 0.381. The van der Waals surface area contributed by atoms with Crippen molar-refractivity contribution in [1.29, 1.82) is 0 Å². The minimum Gasteiger partial charge on any atom is -0.315 e. The van der Waals surface area contributed by atoms with E-state index >= 15 is 0 Å². The summed E-state index contributed by atoms with van der Waals surface area (Å²) in [5, 5.41) is 3.01. The summed E-state index contributed by atoms with van der Waals surface area (Å²) in [7, 11) is 0.163. The molecule has 1 aromatic rings. The van der Waals surface area contributed by atoms with Crippen molar-refractivity contribution < 1.29 is 8.42 Å². The number of hydrogen-bond acceptors (Lipinski definition) is 4. The van der Waals surface area contributed by atoms with Crippen LogP contribution in [-0.4, -0.2) is 32.9 Å². The molecule has 0 aliphatic heterocycles. The van der Waals surface area contributed by atoms with Crippen molar-refractivity contribution >= 4 is 21.4 Å². The molecule has 1 unspecified atom stereocenters. The molecular weight excluding hydrogens is 256 g/mol. The molecule has 0 saturated carbocycles. The zero-order valence-corrected chi connectivity index (χ0v) is 12.4. The van der Waals surface area contributed by atoms with Gasteiger partial charge in [-0.25, -0.2) is 8.42 Å². The van der Waals surface area contributed by atoms with Crippen LogP contribution in [-0.2, 0) is 16.6 Å². The molecule has 4 nitrogen and oxygen atoms in total. The van der Waals surface area contributed by atoms with E-state index in [4.69, 9.17) is 0 Å². The van der Waals surface area contributed by atoms with E-state index in [-0.39, 0.29) is 6.04 Å². The second kappa shape index (κ2) is 5.95. The first-order valence-electron chi connectivity index (χ1n) is 5.64. The number of nitrogens with zero attached hydrogens (tertiary/aromatic N) is 1. The van der Waals surface area contributed by atoms with Crippen molar-refractivity contribution in [3.8, 4) is 0 Å². The molecule has 0 aliphatic carbocycles. The van der Waals surface area contributed by atoms with Gasteiger partial charge in [-0.05, 0) is 32.5 Å². The molecule has 1 heterocycles. The maximum absolute atomic E-state index is 12.3. The molecule has 1 aromatic heterocycles. The average molecular weight is 276 g/mol. The van der Waals surface area contributed by atoms with Gasteiger partial charge in [0.05, 0.1) is 0 Å².